The Morgan fingerprint density at radius 1 is 1.21 bits per heavy atom. The van der Waals surface area contributed by atoms with Crippen molar-refractivity contribution in [2.45, 2.75) is 70.9 Å². The van der Waals surface area contributed by atoms with Crippen molar-refractivity contribution < 1.29 is 24.5 Å². The Morgan fingerprint density at radius 3 is 2.21 bits per heavy atom. The summed E-state index contributed by atoms with van der Waals surface area (Å²) in [5.41, 5.74) is 0. The first-order valence-corrected chi connectivity index (χ1v) is 7.19. The molecule has 112 valence electrons. The van der Waals surface area contributed by atoms with Crippen molar-refractivity contribution in [1.29, 1.82) is 0 Å². The second kappa shape index (κ2) is 7.82. The molecule has 0 unspecified atom stereocenters. The molecule has 0 aliphatic carbocycles. The third-order valence-electron chi connectivity index (χ3n) is 3.60. The maximum Gasteiger partial charge on any atom is 0.309 e. The molecule has 4 atom stereocenters. The molecule has 0 radical (unpaired) electrons. The molecule has 1 fully saturated rings. The van der Waals surface area contributed by atoms with Crippen molar-refractivity contribution in [3.63, 3.8) is 0 Å². The number of carbonyl (C=O) groups is 1. The molecule has 5 nitrogen and oxygen atoms in total. The molecule has 0 saturated carbocycles. The number of hydrogen-bond donors (Lipinski definition) is 2. The number of esters is 1. The van der Waals surface area contributed by atoms with Gasteiger partial charge in [-0.2, -0.15) is 0 Å². The second-order valence-corrected chi connectivity index (χ2v) is 5.27. The van der Waals surface area contributed by atoms with Crippen molar-refractivity contribution in [3.8, 4) is 0 Å². The van der Waals surface area contributed by atoms with Gasteiger partial charge in [-0.15, -0.1) is 0 Å². The quantitative estimate of drug-likeness (QED) is 0.683. The second-order valence-electron chi connectivity index (χ2n) is 5.27. The minimum Gasteiger partial charge on any atom is -0.463 e. The molecule has 1 rings (SSSR count). The monoisotopic (exact) mass is 274 g/mol. The van der Waals surface area contributed by atoms with Crippen LogP contribution >= 0.6 is 0 Å². The van der Waals surface area contributed by atoms with Gasteiger partial charge in [0.15, 0.2) is 0 Å². The Morgan fingerprint density at radius 2 is 1.79 bits per heavy atom. The summed E-state index contributed by atoms with van der Waals surface area (Å²) in [5.74, 6) is -0.301. The van der Waals surface area contributed by atoms with Crippen LogP contribution in [0.4, 0.5) is 0 Å². The first kappa shape index (κ1) is 16.4. The highest BCUT2D eigenvalue weighted by Gasteiger charge is 2.40. The van der Waals surface area contributed by atoms with Crippen LogP contribution < -0.4 is 0 Å². The number of aliphatic hydroxyl groups is 2. The van der Waals surface area contributed by atoms with Crippen molar-refractivity contribution in [2.75, 3.05) is 6.61 Å². The van der Waals surface area contributed by atoms with Gasteiger partial charge in [0.2, 0.25) is 0 Å². The van der Waals surface area contributed by atoms with E-state index in [4.69, 9.17) is 9.47 Å². The van der Waals surface area contributed by atoms with Gasteiger partial charge in [0.1, 0.15) is 24.9 Å². The molecular weight excluding hydrogens is 248 g/mol. The maximum absolute atomic E-state index is 11.9. The van der Waals surface area contributed by atoms with Crippen LogP contribution in [0, 0.1) is 5.92 Å². The third kappa shape index (κ3) is 4.44. The average molecular weight is 274 g/mol. The Bertz CT molecular complexity index is 275. The molecule has 0 aromatic carbocycles. The molecule has 1 aliphatic rings. The highest BCUT2D eigenvalue weighted by molar-refractivity contribution is 5.72. The van der Waals surface area contributed by atoms with Crippen molar-refractivity contribution in [1.82, 2.24) is 0 Å². The normalized spacial score (nSPS) is 30.8. The molecule has 2 N–H and O–H groups in total. The largest absolute Gasteiger partial charge is 0.463 e. The number of rotatable bonds is 7. The van der Waals surface area contributed by atoms with Crippen molar-refractivity contribution in [3.05, 3.63) is 0 Å². The number of aliphatic hydroxyl groups excluding tert-OH is 2. The van der Waals surface area contributed by atoms with Crippen LogP contribution in [0.3, 0.4) is 0 Å². The van der Waals surface area contributed by atoms with E-state index in [1.807, 2.05) is 13.8 Å². The molecule has 0 aromatic rings. The lowest BCUT2D eigenvalue weighted by molar-refractivity contribution is -0.154. The molecule has 0 spiro atoms. The number of carbonyl (C=O) groups excluding carboxylic acids is 1. The molecule has 0 bridgehead atoms. The topological polar surface area (TPSA) is 76.0 Å². The van der Waals surface area contributed by atoms with E-state index >= 15 is 0 Å². The zero-order chi connectivity index (χ0) is 14.4. The summed E-state index contributed by atoms with van der Waals surface area (Å²) in [6.45, 7) is 5.77. The van der Waals surface area contributed by atoms with E-state index in [-0.39, 0.29) is 18.5 Å². The minimum absolute atomic E-state index is 0.00529. The van der Waals surface area contributed by atoms with Gasteiger partial charge >= 0.3 is 5.97 Å². The summed E-state index contributed by atoms with van der Waals surface area (Å²) in [5, 5.41) is 19.3. The van der Waals surface area contributed by atoms with E-state index in [2.05, 4.69) is 0 Å². The summed E-state index contributed by atoms with van der Waals surface area (Å²) < 4.78 is 10.6. The SMILES string of the molecule is CCCC(CCC)C(=O)OC[C@H]1O[C@@H](C)[C@H](O)[C@@H]1O. The fourth-order valence-corrected chi connectivity index (χ4v) is 2.43. The summed E-state index contributed by atoms with van der Waals surface area (Å²) >= 11 is 0. The lowest BCUT2D eigenvalue weighted by Gasteiger charge is -2.18. The van der Waals surface area contributed by atoms with Gasteiger partial charge in [-0.3, -0.25) is 4.79 Å². The van der Waals surface area contributed by atoms with E-state index in [9.17, 15) is 15.0 Å². The van der Waals surface area contributed by atoms with Gasteiger partial charge in [-0.25, -0.2) is 0 Å². The van der Waals surface area contributed by atoms with E-state index < -0.39 is 24.4 Å². The Labute approximate surface area is 114 Å². The molecule has 5 heteroatoms. The molecule has 1 heterocycles. The molecule has 1 aliphatic heterocycles. The van der Waals surface area contributed by atoms with Crippen LogP contribution in [0.5, 0.6) is 0 Å². The van der Waals surface area contributed by atoms with Gasteiger partial charge < -0.3 is 19.7 Å². The minimum atomic E-state index is -0.987. The van der Waals surface area contributed by atoms with E-state index in [1.165, 1.54) is 0 Å². The lowest BCUT2D eigenvalue weighted by atomic mass is 9.99. The highest BCUT2D eigenvalue weighted by atomic mass is 16.6. The zero-order valence-corrected chi connectivity index (χ0v) is 12.0. The van der Waals surface area contributed by atoms with Gasteiger partial charge in [-0.05, 0) is 19.8 Å². The smallest absolute Gasteiger partial charge is 0.309 e. The van der Waals surface area contributed by atoms with Crippen LogP contribution in [0.2, 0.25) is 0 Å². The number of ether oxygens (including phenoxy) is 2. The summed E-state index contributed by atoms with van der Waals surface area (Å²) in [4.78, 5) is 11.9. The van der Waals surface area contributed by atoms with Crippen LogP contribution in [0.1, 0.15) is 46.5 Å². The van der Waals surface area contributed by atoms with E-state index in [0.29, 0.717) is 0 Å². The van der Waals surface area contributed by atoms with E-state index in [1.54, 1.807) is 6.92 Å². The molecule has 0 aromatic heterocycles. The van der Waals surface area contributed by atoms with Gasteiger partial charge in [0, 0.05) is 0 Å². The summed E-state index contributed by atoms with van der Waals surface area (Å²) in [7, 11) is 0. The van der Waals surface area contributed by atoms with E-state index in [0.717, 1.165) is 25.7 Å². The number of hydrogen-bond acceptors (Lipinski definition) is 5. The third-order valence-corrected chi connectivity index (χ3v) is 3.60. The van der Waals surface area contributed by atoms with Crippen LogP contribution in [-0.4, -0.2) is 47.2 Å². The molecule has 19 heavy (non-hydrogen) atoms. The molecule has 0 amide bonds. The fourth-order valence-electron chi connectivity index (χ4n) is 2.43. The van der Waals surface area contributed by atoms with Crippen molar-refractivity contribution in [2.24, 2.45) is 5.92 Å². The Balaban J connectivity index is 2.40. The first-order chi connectivity index (χ1) is 9.01. The van der Waals surface area contributed by atoms with Gasteiger partial charge in [-0.1, -0.05) is 26.7 Å². The van der Waals surface area contributed by atoms with Crippen LogP contribution in [0.25, 0.3) is 0 Å². The van der Waals surface area contributed by atoms with Crippen LogP contribution in [-0.2, 0) is 14.3 Å². The highest BCUT2D eigenvalue weighted by Crippen LogP contribution is 2.22. The fraction of sp³-hybridized carbons (Fsp3) is 0.929. The summed E-state index contributed by atoms with van der Waals surface area (Å²) in [6, 6.07) is 0. The van der Waals surface area contributed by atoms with Crippen molar-refractivity contribution >= 4 is 5.97 Å². The predicted octanol–water partition coefficient (Wildman–Crippen LogP) is 1.26. The average Bonchev–Trinajstić information content (AvgIpc) is 2.63. The zero-order valence-electron chi connectivity index (χ0n) is 12.0. The lowest BCUT2D eigenvalue weighted by Crippen LogP contribution is -2.35. The maximum atomic E-state index is 11.9. The molecule has 1 saturated heterocycles. The Hall–Kier alpha value is -0.650. The van der Waals surface area contributed by atoms with Crippen LogP contribution in [0.15, 0.2) is 0 Å². The predicted molar refractivity (Wildman–Crippen MR) is 70.6 cm³/mol. The standard InChI is InChI=1S/C14H26O5/c1-4-6-10(7-5-2)14(17)18-8-11-13(16)12(15)9(3)19-11/h9-13,15-16H,4-8H2,1-3H3/t9-,11+,12-,13+/m0/s1. The van der Waals surface area contributed by atoms with Gasteiger partial charge in [0.05, 0.1) is 12.0 Å². The Kier molecular flexibility index (Phi) is 6.75. The first-order valence-electron chi connectivity index (χ1n) is 7.19. The molecular formula is C14H26O5. The summed E-state index contributed by atoms with van der Waals surface area (Å²) in [6.07, 6.45) is 0.568. The van der Waals surface area contributed by atoms with Gasteiger partial charge in [0.25, 0.3) is 0 Å².